The molecule has 3 nitrogen and oxygen atoms in total. The van der Waals surface area contributed by atoms with Gasteiger partial charge in [0.2, 0.25) is 0 Å². The van der Waals surface area contributed by atoms with Crippen LogP contribution in [0.1, 0.15) is 5.82 Å². The average molecular weight is 311 g/mol. The molecule has 3 aromatic rings. The highest BCUT2D eigenvalue weighted by Gasteiger charge is 2.18. The summed E-state index contributed by atoms with van der Waals surface area (Å²) in [5.74, 6) is -0.0304. The Labute approximate surface area is 124 Å². The molecule has 0 atom stereocenters. The summed E-state index contributed by atoms with van der Waals surface area (Å²) < 4.78 is 13.9. The van der Waals surface area contributed by atoms with Crippen molar-refractivity contribution >= 4 is 34.2 Å². The van der Waals surface area contributed by atoms with E-state index in [0.717, 1.165) is 0 Å². The molecule has 0 unspecified atom stereocenters. The molecule has 0 bridgehead atoms. The molecule has 6 heteroatoms. The van der Waals surface area contributed by atoms with Gasteiger partial charge in [0.25, 0.3) is 0 Å². The Morgan fingerprint density at radius 1 is 1.25 bits per heavy atom. The number of aromatic amines is 1. The maximum Gasteiger partial charge on any atom is 0.133 e. The number of rotatable bonds is 2. The van der Waals surface area contributed by atoms with Gasteiger partial charge in [0.05, 0.1) is 15.6 Å². The number of fused-ring (bicyclic) bond motifs is 1. The van der Waals surface area contributed by atoms with Crippen molar-refractivity contribution in [3.8, 4) is 11.1 Å². The van der Waals surface area contributed by atoms with Gasteiger partial charge in [-0.3, -0.25) is 0 Å². The smallest absolute Gasteiger partial charge is 0.133 e. The van der Waals surface area contributed by atoms with E-state index in [-0.39, 0.29) is 11.6 Å². The van der Waals surface area contributed by atoms with Gasteiger partial charge in [0.1, 0.15) is 23.8 Å². The maximum absolute atomic E-state index is 13.9. The van der Waals surface area contributed by atoms with Gasteiger partial charge in [0, 0.05) is 11.1 Å². The first-order valence-electron chi connectivity index (χ1n) is 5.84. The summed E-state index contributed by atoms with van der Waals surface area (Å²) in [6.45, 7) is -0.238. The van der Waals surface area contributed by atoms with Gasteiger partial charge in [-0.1, -0.05) is 41.4 Å². The molecule has 0 saturated heterocycles. The molecule has 0 fully saturated rings. The van der Waals surface area contributed by atoms with Crippen LogP contribution in [0.15, 0.2) is 30.3 Å². The minimum absolute atomic E-state index is 0.238. The number of imidazole rings is 1. The topological polar surface area (TPSA) is 48.9 Å². The lowest BCUT2D eigenvalue weighted by molar-refractivity contribution is 0.273. The second-order valence-corrected chi connectivity index (χ2v) is 5.05. The number of nitrogens with zero attached hydrogens (tertiary/aromatic N) is 1. The lowest BCUT2D eigenvalue weighted by atomic mass is 10.0. The van der Waals surface area contributed by atoms with Gasteiger partial charge in [-0.25, -0.2) is 9.37 Å². The van der Waals surface area contributed by atoms with Crippen LogP contribution < -0.4 is 0 Å². The van der Waals surface area contributed by atoms with Gasteiger partial charge in [0.15, 0.2) is 0 Å². The fourth-order valence-corrected chi connectivity index (χ4v) is 2.82. The van der Waals surface area contributed by atoms with Crippen molar-refractivity contribution in [3.63, 3.8) is 0 Å². The van der Waals surface area contributed by atoms with E-state index in [9.17, 15) is 4.39 Å². The molecule has 102 valence electrons. The third-order valence-corrected chi connectivity index (χ3v) is 3.68. The van der Waals surface area contributed by atoms with E-state index in [1.54, 1.807) is 24.3 Å². The summed E-state index contributed by atoms with van der Waals surface area (Å²) in [5.41, 5.74) is 1.77. The number of halogens is 3. The van der Waals surface area contributed by atoms with E-state index in [1.807, 2.05) is 0 Å². The van der Waals surface area contributed by atoms with Gasteiger partial charge in [-0.05, 0) is 12.1 Å². The summed E-state index contributed by atoms with van der Waals surface area (Å²) in [6, 6.07) is 7.87. The molecule has 1 aromatic heterocycles. The lowest BCUT2D eigenvalue weighted by Gasteiger charge is -2.08. The largest absolute Gasteiger partial charge is 0.388 e. The van der Waals surface area contributed by atoms with Crippen molar-refractivity contribution in [2.75, 3.05) is 0 Å². The number of aliphatic hydroxyl groups excluding tert-OH is 1. The highest BCUT2D eigenvalue weighted by molar-refractivity contribution is 6.42. The number of aliphatic hydroxyl groups is 1. The van der Waals surface area contributed by atoms with Crippen LogP contribution in [0.5, 0.6) is 0 Å². The fourth-order valence-electron chi connectivity index (χ4n) is 2.12. The van der Waals surface area contributed by atoms with Crippen LogP contribution in [-0.2, 0) is 6.61 Å². The van der Waals surface area contributed by atoms with Crippen LogP contribution >= 0.6 is 23.2 Å². The highest BCUT2D eigenvalue weighted by Crippen LogP contribution is 2.40. The number of aromatic nitrogens is 2. The Bertz CT molecular complexity index is 801. The van der Waals surface area contributed by atoms with Crippen LogP contribution in [0.3, 0.4) is 0 Å². The Morgan fingerprint density at radius 3 is 2.70 bits per heavy atom. The van der Waals surface area contributed by atoms with E-state index in [2.05, 4.69) is 9.97 Å². The molecule has 0 amide bonds. The molecule has 1 heterocycles. The normalized spacial score (nSPS) is 11.2. The van der Waals surface area contributed by atoms with Gasteiger partial charge >= 0.3 is 0 Å². The zero-order chi connectivity index (χ0) is 14.3. The molecule has 0 spiro atoms. The second kappa shape index (κ2) is 5.05. The molecule has 0 radical (unpaired) electrons. The molecule has 0 aliphatic carbocycles. The predicted molar refractivity (Wildman–Crippen MR) is 77.4 cm³/mol. The van der Waals surface area contributed by atoms with Crippen LogP contribution in [0, 0.1) is 5.82 Å². The Balaban J connectivity index is 2.34. The SMILES string of the molecule is OCc1nc2c(Cl)c(-c3ccccc3F)c(Cl)cc2[nH]1. The fraction of sp³-hybridized carbons (Fsp3) is 0.0714. The van der Waals surface area contributed by atoms with Gasteiger partial charge in [-0.2, -0.15) is 0 Å². The molecule has 3 rings (SSSR count). The predicted octanol–water partition coefficient (Wildman–Crippen LogP) is 4.17. The minimum Gasteiger partial charge on any atom is -0.388 e. The van der Waals surface area contributed by atoms with E-state index < -0.39 is 5.82 Å². The van der Waals surface area contributed by atoms with Crippen molar-refractivity contribution in [3.05, 3.63) is 52.0 Å². The summed E-state index contributed by atoms with van der Waals surface area (Å²) in [5, 5.41) is 9.68. The summed E-state index contributed by atoms with van der Waals surface area (Å²) in [6.07, 6.45) is 0. The van der Waals surface area contributed by atoms with Crippen molar-refractivity contribution in [2.45, 2.75) is 6.61 Å². The number of hydrogen-bond donors (Lipinski definition) is 2. The van der Waals surface area contributed by atoms with Crippen LogP contribution in [-0.4, -0.2) is 15.1 Å². The quantitative estimate of drug-likeness (QED) is 0.746. The molecular weight excluding hydrogens is 302 g/mol. The zero-order valence-electron chi connectivity index (χ0n) is 10.1. The van der Waals surface area contributed by atoms with Crippen molar-refractivity contribution in [1.29, 1.82) is 0 Å². The first-order valence-corrected chi connectivity index (χ1v) is 6.59. The first kappa shape index (κ1) is 13.4. The standard InChI is InChI=1S/C14H9Cl2FN2O/c15-8-5-10-14(19-11(6-20)18-10)13(16)12(8)7-3-1-2-4-9(7)17/h1-5,20H,6H2,(H,18,19). The molecule has 0 aliphatic rings. The minimum atomic E-state index is -0.409. The molecular formula is C14H9Cl2FN2O. The highest BCUT2D eigenvalue weighted by atomic mass is 35.5. The molecule has 0 saturated carbocycles. The van der Waals surface area contributed by atoms with E-state index in [4.69, 9.17) is 28.3 Å². The van der Waals surface area contributed by atoms with Crippen molar-refractivity contribution in [1.82, 2.24) is 9.97 Å². The summed E-state index contributed by atoms with van der Waals surface area (Å²) in [4.78, 5) is 7.07. The van der Waals surface area contributed by atoms with E-state index in [1.165, 1.54) is 6.07 Å². The Morgan fingerprint density at radius 2 is 2.00 bits per heavy atom. The third-order valence-electron chi connectivity index (χ3n) is 3.01. The van der Waals surface area contributed by atoms with Crippen LogP contribution in [0.2, 0.25) is 10.0 Å². The molecule has 2 aromatic carbocycles. The van der Waals surface area contributed by atoms with Crippen LogP contribution in [0.4, 0.5) is 4.39 Å². The zero-order valence-corrected chi connectivity index (χ0v) is 11.6. The molecule has 20 heavy (non-hydrogen) atoms. The monoisotopic (exact) mass is 310 g/mol. The summed E-state index contributed by atoms with van der Waals surface area (Å²) >= 11 is 12.5. The second-order valence-electron chi connectivity index (χ2n) is 4.26. The third kappa shape index (κ3) is 2.06. The van der Waals surface area contributed by atoms with Crippen molar-refractivity contribution in [2.24, 2.45) is 0 Å². The van der Waals surface area contributed by atoms with Crippen molar-refractivity contribution < 1.29 is 9.50 Å². The number of nitrogens with one attached hydrogen (secondary N) is 1. The summed E-state index contributed by atoms with van der Waals surface area (Å²) in [7, 11) is 0. The Kier molecular flexibility index (Phi) is 3.38. The van der Waals surface area contributed by atoms with Gasteiger partial charge < -0.3 is 10.1 Å². The number of H-pyrrole nitrogens is 1. The first-order chi connectivity index (χ1) is 9.61. The lowest BCUT2D eigenvalue weighted by Crippen LogP contribution is -1.88. The average Bonchev–Trinajstić information content (AvgIpc) is 2.84. The number of benzene rings is 2. The molecule has 2 N–H and O–H groups in total. The Hall–Kier alpha value is -1.62. The van der Waals surface area contributed by atoms with E-state index in [0.29, 0.717) is 33.0 Å². The number of hydrogen-bond acceptors (Lipinski definition) is 2. The maximum atomic E-state index is 13.9. The van der Waals surface area contributed by atoms with Crippen LogP contribution in [0.25, 0.3) is 22.2 Å². The van der Waals surface area contributed by atoms with Gasteiger partial charge in [-0.15, -0.1) is 0 Å². The van der Waals surface area contributed by atoms with E-state index >= 15 is 0 Å². The molecule has 0 aliphatic heterocycles.